The number of fused-ring (bicyclic) bond motifs is 1. The second-order valence-electron chi connectivity index (χ2n) is 7.74. The minimum atomic E-state index is -0.525. The van der Waals surface area contributed by atoms with Gasteiger partial charge in [0.05, 0.1) is 24.2 Å². The lowest BCUT2D eigenvalue weighted by Crippen LogP contribution is -2.15. The highest BCUT2D eigenvalue weighted by atomic mass is 16.5. The molecular formula is C26H24N2O4. The number of carbonyl (C=O) groups excluding carboxylic acids is 1. The Hall–Kier alpha value is -3.93. The van der Waals surface area contributed by atoms with Crippen LogP contribution in [0.3, 0.4) is 0 Å². The van der Waals surface area contributed by atoms with Crippen LogP contribution in [-0.2, 0) is 4.74 Å². The first-order chi connectivity index (χ1) is 15.4. The molecule has 1 atom stereocenters. The van der Waals surface area contributed by atoms with Gasteiger partial charge in [-0.05, 0) is 44.5 Å². The molecule has 1 unspecified atom stereocenters. The van der Waals surface area contributed by atoms with Gasteiger partial charge in [0, 0.05) is 22.9 Å². The fourth-order valence-electron chi connectivity index (χ4n) is 3.85. The summed E-state index contributed by atoms with van der Waals surface area (Å²) in [5.41, 5.74) is 4.37. The molecule has 2 aromatic carbocycles. The topological polar surface area (TPSA) is 81.4 Å². The molecule has 6 heteroatoms. The zero-order valence-electron chi connectivity index (χ0n) is 18.4. The molecule has 1 N–H and O–H groups in total. The molecule has 162 valence electrons. The summed E-state index contributed by atoms with van der Waals surface area (Å²) in [5, 5.41) is 3.86. The first kappa shape index (κ1) is 21.3. The van der Waals surface area contributed by atoms with Crippen LogP contribution < -0.4 is 10.7 Å². The molecule has 32 heavy (non-hydrogen) atoms. The minimum Gasteiger partial charge on any atom is -0.464 e. The van der Waals surface area contributed by atoms with Gasteiger partial charge in [-0.25, -0.2) is 9.78 Å². The first-order valence-electron chi connectivity index (χ1n) is 10.3. The van der Waals surface area contributed by atoms with Gasteiger partial charge < -0.3 is 14.5 Å². The second kappa shape index (κ2) is 8.67. The molecule has 0 aliphatic rings. The molecule has 0 bridgehead atoms. The number of methoxy groups -OCH3 is 1. The lowest BCUT2D eigenvalue weighted by atomic mass is 9.98. The Bertz CT molecular complexity index is 1360. The predicted molar refractivity (Wildman–Crippen MR) is 125 cm³/mol. The van der Waals surface area contributed by atoms with Crippen molar-refractivity contribution < 1.29 is 13.9 Å². The van der Waals surface area contributed by atoms with Crippen molar-refractivity contribution in [3.63, 3.8) is 0 Å². The monoisotopic (exact) mass is 428 g/mol. The van der Waals surface area contributed by atoms with Crippen LogP contribution in [0.25, 0.3) is 22.3 Å². The number of benzene rings is 2. The van der Waals surface area contributed by atoms with Crippen LogP contribution in [0.4, 0.5) is 5.69 Å². The average Bonchev–Trinajstić information content (AvgIpc) is 2.81. The van der Waals surface area contributed by atoms with Gasteiger partial charge in [0.15, 0.2) is 11.1 Å². The highest BCUT2D eigenvalue weighted by molar-refractivity contribution is 5.93. The molecule has 6 nitrogen and oxygen atoms in total. The zero-order chi connectivity index (χ0) is 22.8. The summed E-state index contributed by atoms with van der Waals surface area (Å²) in [6.45, 7) is 5.68. The Kier molecular flexibility index (Phi) is 5.77. The van der Waals surface area contributed by atoms with Gasteiger partial charge in [0.1, 0.15) is 11.3 Å². The second-order valence-corrected chi connectivity index (χ2v) is 7.74. The number of anilines is 1. The van der Waals surface area contributed by atoms with E-state index < -0.39 is 5.97 Å². The number of esters is 1. The van der Waals surface area contributed by atoms with E-state index in [-0.39, 0.29) is 17.2 Å². The third-order valence-electron chi connectivity index (χ3n) is 5.45. The maximum Gasteiger partial charge on any atom is 0.358 e. The van der Waals surface area contributed by atoms with Crippen LogP contribution >= 0.6 is 0 Å². The molecule has 0 aliphatic carbocycles. The van der Waals surface area contributed by atoms with Crippen LogP contribution in [0.5, 0.6) is 0 Å². The summed E-state index contributed by atoms with van der Waals surface area (Å²) in [6.07, 6.45) is 1.54. The van der Waals surface area contributed by atoms with Crippen LogP contribution in [0, 0.1) is 13.8 Å². The van der Waals surface area contributed by atoms with Crippen LogP contribution in [0.1, 0.15) is 40.1 Å². The van der Waals surface area contributed by atoms with Gasteiger partial charge in [-0.3, -0.25) is 4.79 Å². The normalized spacial score (nSPS) is 11.9. The summed E-state index contributed by atoms with van der Waals surface area (Å²) >= 11 is 0. The number of ether oxygens (including phenoxy) is 1. The Labute approximate surface area is 185 Å². The summed E-state index contributed by atoms with van der Waals surface area (Å²) in [7, 11) is 1.32. The number of pyridine rings is 1. The number of rotatable bonds is 5. The molecule has 0 aliphatic heterocycles. The van der Waals surface area contributed by atoms with Crippen molar-refractivity contribution in [1.29, 1.82) is 0 Å². The number of nitrogens with one attached hydrogen (secondary N) is 1. The van der Waals surface area contributed by atoms with E-state index in [2.05, 4.69) is 10.3 Å². The number of aryl methyl sites for hydroxylation is 1. The van der Waals surface area contributed by atoms with E-state index >= 15 is 0 Å². The predicted octanol–water partition coefficient (Wildman–Crippen LogP) is 5.43. The lowest BCUT2D eigenvalue weighted by molar-refractivity contribution is 0.0595. The number of nitrogens with zero attached hydrogens (tertiary/aromatic N) is 1. The maximum absolute atomic E-state index is 13.2. The fourth-order valence-corrected chi connectivity index (χ4v) is 3.85. The molecule has 0 spiro atoms. The van der Waals surface area contributed by atoms with E-state index in [1.165, 1.54) is 13.3 Å². The third kappa shape index (κ3) is 3.87. The number of carbonyl (C=O) groups is 1. The van der Waals surface area contributed by atoms with E-state index in [4.69, 9.17) is 9.15 Å². The van der Waals surface area contributed by atoms with Gasteiger partial charge in [0.25, 0.3) is 0 Å². The fraction of sp³-hybridized carbons (Fsp3) is 0.192. The number of hydrogen-bond donors (Lipinski definition) is 1. The Balaban J connectivity index is 1.87. The largest absolute Gasteiger partial charge is 0.464 e. The van der Waals surface area contributed by atoms with E-state index in [1.54, 1.807) is 19.1 Å². The van der Waals surface area contributed by atoms with Crippen molar-refractivity contribution in [2.75, 3.05) is 12.4 Å². The summed E-state index contributed by atoms with van der Waals surface area (Å²) in [6, 6.07) is 16.7. The summed E-state index contributed by atoms with van der Waals surface area (Å²) in [5.74, 6) is 0.0277. The van der Waals surface area contributed by atoms with Crippen molar-refractivity contribution in [3.05, 3.63) is 93.4 Å². The zero-order valence-corrected chi connectivity index (χ0v) is 18.4. The molecule has 0 saturated carbocycles. The molecule has 0 radical (unpaired) electrons. The maximum atomic E-state index is 13.2. The van der Waals surface area contributed by atoms with Gasteiger partial charge in [-0.15, -0.1) is 0 Å². The van der Waals surface area contributed by atoms with Crippen molar-refractivity contribution in [1.82, 2.24) is 4.98 Å². The van der Waals surface area contributed by atoms with E-state index in [0.29, 0.717) is 28.0 Å². The Morgan fingerprint density at radius 3 is 2.56 bits per heavy atom. The standard InChI is InChI=1S/C26H24N2O4/c1-15-13-19(17(3)28-21-11-8-12-27-22(21)26(30)31-4)25-20(14-15)23(29)16(2)24(32-25)18-9-6-5-7-10-18/h5-14,17,28H,1-4H3. The van der Waals surface area contributed by atoms with Gasteiger partial charge in [0.2, 0.25) is 0 Å². The van der Waals surface area contributed by atoms with Gasteiger partial charge in [-0.2, -0.15) is 0 Å². The van der Waals surface area contributed by atoms with Gasteiger partial charge >= 0.3 is 5.97 Å². The Morgan fingerprint density at radius 2 is 1.84 bits per heavy atom. The molecular weight excluding hydrogens is 404 g/mol. The van der Waals surface area contributed by atoms with Crippen molar-refractivity contribution in [2.24, 2.45) is 0 Å². The van der Waals surface area contributed by atoms with E-state index in [0.717, 1.165) is 16.7 Å². The molecule has 4 rings (SSSR count). The SMILES string of the molecule is COC(=O)c1ncccc1NC(C)c1cc(C)cc2c(=O)c(C)c(-c3ccccc3)oc12. The minimum absolute atomic E-state index is 0.0566. The quantitative estimate of drug-likeness (QED) is 0.427. The lowest BCUT2D eigenvalue weighted by Gasteiger charge is -2.19. The Morgan fingerprint density at radius 1 is 1.09 bits per heavy atom. The highest BCUT2D eigenvalue weighted by Crippen LogP contribution is 2.32. The molecule has 4 aromatic rings. The van der Waals surface area contributed by atoms with Crippen molar-refractivity contribution >= 4 is 22.6 Å². The summed E-state index contributed by atoms with van der Waals surface area (Å²) < 4.78 is 11.2. The van der Waals surface area contributed by atoms with E-state index in [1.807, 2.05) is 56.3 Å². The number of aromatic nitrogens is 1. The third-order valence-corrected chi connectivity index (χ3v) is 5.45. The van der Waals surface area contributed by atoms with Crippen molar-refractivity contribution in [2.45, 2.75) is 26.8 Å². The van der Waals surface area contributed by atoms with Crippen LogP contribution in [-0.4, -0.2) is 18.1 Å². The molecule has 2 aromatic heterocycles. The molecule has 2 heterocycles. The molecule has 0 fully saturated rings. The van der Waals surface area contributed by atoms with E-state index in [9.17, 15) is 9.59 Å². The molecule has 0 amide bonds. The van der Waals surface area contributed by atoms with Gasteiger partial charge in [-0.1, -0.05) is 36.4 Å². The van der Waals surface area contributed by atoms with Crippen LogP contribution in [0.15, 0.2) is 70.0 Å². The molecule has 0 saturated heterocycles. The average molecular weight is 428 g/mol. The number of hydrogen-bond acceptors (Lipinski definition) is 6. The first-order valence-corrected chi connectivity index (χ1v) is 10.3. The van der Waals surface area contributed by atoms with Crippen molar-refractivity contribution in [3.8, 4) is 11.3 Å². The highest BCUT2D eigenvalue weighted by Gasteiger charge is 2.21. The smallest absolute Gasteiger partial charge is 0.358 e. The summed E-state index contributed by atoms with van der Waals surface area (Å²) in [4.78, 5) is 29.5. The van der Waals surface area contributed by atoms with Crippen LogP contribution in [0.2, 0.25) is 0 Å².